The Morgan fingerprint density at radius 3 is 2.63 bits per heavy atom. The summed E-state index contributed by atoms with van der Waals surface area (Å²) in [4.78, 5) is 30.4. The van der Waals surface area contributed by atoms with Crippen LogP contribution < -0.4 is 16.1 Å². The standard InChI is InChI=1S/C11H15N5O3/c1-13-8-7(9(18)14(2)11(13)19)16-4-3-15(5-6-17)10(16)12-8/h17H,3-6H2,1-2H3. The van der Waals surface area contributed by atoms with E-state index in [1.165, 1.54) is 11.6 Å². The number of imidazole rings is 1. The Morgan fingerprint density at radius 2 is 1.95 bits per heavy atom. The van der Waals surface area contributed by atoms with Gasteiger partial charge in [-0.2, -0.15) is 4.98 Å². The third-order valence-corrected chi connectivity index (χ3v) is 3.57. The normalized spacial score (nSPS) is 14.4. The van der Waals surface area contributed by atoms with E-state index in [1.54, 1.807) is 7.05 Å². The highest BCUT2D eigenvalue weighted by Gasteiger charge is 2.26. The molecule has 0 unspecified atom stereocenters. The Balaban J connectivity index is 2.37. The smallest absolute Gasteiger partial charge is 0.332 e. The average Bonchev–Trinajstić information content (AvgIpc) is 2.94. The first-order valence-electron chi connectivity index (χ1n) is 6.08. The Kier molecular flexibility index (Phi) is 2.49. The molecule has 3 rings (SSSR count). The summed E-state index contributed by atoms with van der Waals surface area (Å²) < 4.78 is 4.28. The van der Waals surface area contributed by atoms with Gasteiger partial charge < -0.3 is 14.6 Å². The molecule has 0 spiro atoms. The fraction of sp³-hybridized carbons (Fsp3) is 0.545. The summed E-state index contributed by atoms with van der Waals surface area (Å²) in [7, 11) is 3.06. The molecule has 2 aromatic rings. The van der Waals surface area contributed by atoms with Crippen molar-refractivity contribution in [3.63, 3.8) is 0 Å². The maximum atomic E-state index is 12.2. The van der Waals surface area contributed by atoms with Gasteiger partial charge in [0.15, 0.2) is 11.2 Å². The van der Waals surface area contributed by atoms with Crippen molar-refractivity contribution < 1.29 is 5.11 Å². The third-order valence-electron chi connectivity index (χ3n) is 3.57. The van der Waals surface area contributed by atoms with Crippen molar-refractivity contribution in [1.82, 2.24) is 18.7 Å². The van der Waals surface area contributed by atoms with Crippen LogP contribution in [0, 0.1) is 0 Å². The molecule has 0 bridgehead atoms. The lowest BCUT2D eigenvalue weighted by molar-refractivity contribution is 0.302. The number of β-amino-alcohol motifs (C(OH)–C–C–N with tert-alkyl or cyclic N) is 1. The molecular weight excluding hydrogens is 250 g/mol. The molecule has 8 heteroatoms. The molecule has 0 aliphatic carbocycles. The highest BCUT2D eigenvalue weighted by molar-refractivity contribution is 5.75. The zero-order valence-corrected chi connectivity index (χ0v) is 10.8. The predicted octanol–water partition coefficient (Wildman–Crippen LogP) is -1.75. The molecular formula is C11H15N5O3. The highest BCUT2D eigenvalue weighted by atomic mass is 16.3. The summed E-state index contributed by atoms with van der Waals surface area (Å²) >= 11 is 0. The van der Waals surface area contributed by atoms with E-state index in [0.717, 1.165) is 4.57 Å². The molecule has 0 fully saturated rings. The summed E-state index contributed by atoms with van der Waals surface area (Å²) in [6.45, 7) is 1.85. The molecule has 2 aromatic heterocycles. The van der Waals surface area contributed by atoms with Crippen LogP contribution in [0.1, 0.15) is 0 Å². The quantitative estimate of drug-likeness (QED) is 0.695. The summed E-state index contributed by atoms with van der Waals surface area (Å²) in [5.41, 5.74) is 0.122. The minimum atomic E-state index is -0.386. The zero-order valence-electron chi connectivity index (χ0n) is 10.8. The Morgan fingerprint density at radius 1 is 1.21 bits per heavy atom. The van der Waals surface area contributed by atoms with Crippen LogP contribution in [0.25, 0.3) is 11.2 Å². The van der Waals surface area contributed by atoms with E-state index in [2.05, 4.69) is 4.98 Å². The topological polar surface area (TPSA) is 85.3 Å². The van der Waals surface area contributed by atoms with Crippen molar-refractivity contribution in [1.29, 1.82) is 0 Å². The minimum absolute atomic E-state index is 0.0279. The molecule has 3 heterocycles. The van der Waals surface area contributed by atoms with Gasteiger partial charge in [0.2, 0.25) is 5.95 Å². The SMILES string of the molecule is Cn1c(=O)c2c(nc3n2CCN3CCO)n(C)c1=O. The van der Waals surface area contributed by atoms with Gasteiger partial charge in [-0.15, -0.1) is 0 Å². The number of aromatic nitrogens is 4. The van der Waals surface area contributed by atoms with Gasteiger partial charge in [-0.25, -0.2) is 4.79 Å². The Hall–Kier alpha value is -2.09. The second-order valence-corrected chi connectivity index (χ2v) is 4.65. The maximum absolute atomic E-state index is 12.2. The van der Waals surface area contributed by atoms with Gasteiger partial charge in [-0.3, -0.25) is 13.9 Å². The van der Waals surface area contributed by atoms with E-state index in [9.17, 15) is 9.59 Å². The second-order valence-electron chi connectivity index (χ2n) is 4.65. The fourth-order valence-electron chi connectivity index (χ4n) is 2.54. The maximum Gasteiger partial charge on any atom is 0.332 e. The van der Waals surface area contributed by atoms with Crippen molar-refractivity contribution in [2.24, 2.45) is 14.1 Å². The number of aryl methyl sites for hydroxylation is 1. The van der Waals surface area contributed by atoms with Gasteiger partial charge in [-0.1, -0.05) is 0 Å². The number of aliphatic hydroxyl groups is 1. The van der Waals surface area contributed by atoms with Crippen molar-refractivity contribution in [3.8, 4) is 0 Å². The molecule has 0 aromatic carbocycles. The summed E-state index contributed by atoms with van der Waals surface area (Å²) in [5, 5.41) is 9.02. The number of rotatable bonds is 2. The van der Waals surface area contributed by atoms with Crippen molar-refractivity contribution >= 4 is 17.1 Å². The Labute approximate surface area is 108 Å². The average molecular weight is 265 g/mol. The van der Waals surface area contributed by atoms with E-state index in [1.807, 2.05) is 9.47 Å². The van der Waals surface area contributed by atoms with Gasteiger partial charge in [0.05, 0.1) is 6.61 Å². The fourth-order valence-corrected chi connectivity index (χ4v) is 2.54. The molecule has 0 atom stereocenters. The molecule has 0 saturated heterocycles. The van der Waals surface area contributed by atoms with Gasteiger partial charge in [0.1, 0.15) is 0 Å². The van der Waals surface area contributed by atoms with Crippen molar-refractivity contribution in [2.45, 2.75) is 6.54 Å². The van der Waals surface area contributed by atoms with Crippen molar-refractivity contribution in [2.75, 3.05) is 24.6 Å². The zero-order chi connectivity index (χ0) is 13.7. The molecule has 0 amide bonds. The van der Waals surface area contributed by atoms with E-state index in [-0.39, 0.29) is 17.9 Å². The number of nitrogens with zero attached hydrogens (tertiary/aromatic N) is 5. The van der Waals surface area contributed by atoms with Crippen LogP contribution in [-0.2, 0) is 20.6 Å². The lowest BCUT2D eigenvalue weighted by Gasteiger charge is -2.13. The largest absolute Gasteiger partial charge is 0.395 e. The third kappa shape index (κ3) is 1.46. The molecule has 0 radical (unpaired) electrons. The first-order valence-corrected chi connectivity index (χ1v) is 6.08. The summed E-state index contributed by atoms with van der Waals surface area (Å²) in [6.07, 6.45) is 0. The van der Waals surface area contributed by atoms with Crippen LogP contribution in [0.15, 0.2) is 9.59 Å². The van der Waals surface area contributed by atoms with Crippen LogP contribution in [-0.4, -0.2) is 43.5 Å². The molecule has 0 saturated carbocycles. The summed E-state index contributed by atoms with van der Waals surface area (Å²) in [5.74, 6) is 0.641. The number of hydrogen-bond donors (Lipinski definition) is 1. The van der Waals surface area contributed by atoms with E-state index >= 15 is 0 Å². The summed E-state index contributed by atoms with van der Waals surface area (Å²) in [6, 6.07) is 0. The number of anilines is 1. The first kappa shape index (κ1) is 12.0. The van der Waals surface area contributed by atoms with Crippen LogP contribution in [0.5, 0.6) is 0 Å². The highest BCUT2D eigenvalue weighted by Crippen LogP contribution is 2.23. The molecule has 1 N–H and O–H groups in total. The monoisotopic (exact) mass is 265 g/mol. The van der Waals surface area contributed by atoms with Crippen molar-refractivity contribution in [3.05, 3.63) is 20.8 Å². The predicted molar refractivity (Wildman–Crippen MR) is 69.5 cm³/mol. The Bertz CT molecular complexity index is 769. The minimum Gasteiger partial charge on any atom is -0.395 e. The number of aliphatic hydroxyl groups excluding tert-OH is 1. The number of hydrogen-bond acceptors (Lipinski definition) is 5. The molecule has 1 aliphatic heterocycles. The van der Waals surface area contributed by atoms with E-state index in [0.29, 0.717) is 36.7 Å². The lowest BCUT2D eigenvalue weighted by atomic mass is 10.5. The molecule has 19 heavy (non-hydrogen) atoms. The lowest BCUT2D eigenvalue weighted by Crippen LogP contribution is -2.37. The van der Waals surface area contributed by atoms with Gasteiger partial charge in [0.25, 0.3) is 5.56 Å². The van der Waals surface area contributed by atoms with Gasteiger partial charge in [-0.05, 0) is 0 Å². The van der Waals surface area contributed by atoms with Crippen LogP contribution in [0.3, 0.4) is 0 Å². The molecule has 102 valence electrons. The molecule has 8 nitrogen and oxygen atoms in total. The van der Waals surface area contributed by atoms with Crippen LogP contribution >= 0.6 is 0 Å². The van der Waals surface area contributed by atoms with E-state index in [4.69, 9.17) is 5.11 Å². The van der Waals surface area contributed by atoms with Crippen LogP contribution in [0.4, 0.5) is 5.95 Å². The second kappa shape index (κ2) is 3.95. The van der Waals surface area contributed by atoms with E-state index < -0.39 is 0 Å². The van der Waals surface area contributed by atoms with Crippen LogP contribution in [0.2, 0.25) is 0 Å². The number of fused-ring (bicyclic) bond motifs is 3. The van der Waals surface area contributed by atoms with Gasteiger partial charge in [0, 0.05) is 33.7 Å². The van der Waals surface area contributed by atoms with Gasteiger partial charge >= 0.3 is 5.69 Å². The first-order chi connectivity index (χ1) is 9.06. The molecule has 1 aliphatic rings.